The van der Waals surface area contributed by atoms with Crippen LogP contribution in [0.25, 0.3) is 6.08 Å². The first kappa shape index (κ1) is 11.5. The predicted molar refractivity (Wildman–Crippen MR) is 69.1 cm³/mol. The topological polar surface area (TPSA) is 50.7 Å². The summed E-state index contributed by atoms with van der Waals surface area (Å²) in [6.45, 7) is 0. The SMILES string of the molecule is CSC(N)=NN=CC=Cc1ccccc1. The fourth-order valence-electron chi connectivity index (χ4n) is 0.888. The highest BCUT2D eigenvalue weighted by Crippen LogP contribution is 1.99. The summed E-state index contributed by atoms with van der Waals surface area (Å²) in [6, 6.07) is 9.99. The molecule has 0 amide bonds. The van der Waals surface area contributed by atoms with Crippen LogP contribution in [0, 0.1) is 0 Å². The molecule has 0 saturated carbocycles. The lowest BCUT2D eigenvalue weighted by molar-refractivity contribution is 1.25. The Morgan fingerprint density at radius 2 is 2.07 bits per heavy atom. The number of benzene rings is 1. The molecule has 0 spiro atoms. The first-order chi connectivity index (χ1) is 7.33. The molecule has 0 unspecified atom stereocenters. The van der Waals surface area contributed by atoms with Gasteiger partial charge in [0.25, 0.3) is 0 Å². The summed E-state index contributed by atoms with van der Waals surface area (Å²) in [5.41, 5.74) is 6.57. The quantitative estimate of drug-likeness (QED) is 0.482. The van der Waals surface area contributed by atoms with Gasteiger partial charge in [-0.05, 0) is 17.9 Å². The van der Waals surface area contributed by atoms with Crippen molar-refractivity contribution in [3.05, 3.63) is 42.0 Å². The van der Waals surface area contributed by atoms with Gasteiger partial charge in [-0.2, -0.15) is 5.10 Å². The largest absolute Gasteiger partial charge is 0.377 e. The summed E-state index contributed by atoms with van der Waals surface area (Å²) >= 11 is 1.37. The second-order valence-electron chi connectivity index (χ2n) is 2.68. The molecule has 3 nitrogen and oxygen atoms in total. The lowest BCUT2D eigenvalue weighted by Gasteiger charge is -1.88. The number of hydrogen-bond acceptors (Lipinski definition) is 3. The Morgan fingerprint density at radius 3 is 2.73 bits per heavy atom. The fraction of sp³-hybridized carbons (Fsp3) is 0.0909. The summed E-state index contributed by atoms with van der Waals surface area (Å²) in [7, 11) is 0. The standard InChI is InChI=1S/C11H13N3S/c1-15-11(12)14-13-9-5-8-10-6-3-2-4-7-10/h2-9H,1H3,(H2,12,14). The zero-order valence-electron chi connectivity index (χ0n) is 8.50. The highest BCUT2D eigenvalue weighted by molar-refractivity contribution is 8.13. The summed E-state index contributed by atoms with van der Waals surface area (Å²) in [6.07, 6.45) is 7.24. The summed E-state index contributed by atoms with van der Waals surface area (Å²) in [5, 5.41) is 7.99. The number of nitrogens with zero attached hydrogens (tertiary/aromatic N) is 2. The predicted octanol–water partition coefficient (Wildman–Crippen LogP) is 2.36. The normalized spacial score (nSPS) is 12.7. The number of allylic oxidation sites excluding steroid dienone is 1. The second-order valence-corrected chi connectivity index (χ2v) is 3.50. The molecule has 0 aromatic heterocycles. The molecule has 1 rings (SSSR count). The van der Waals surface area contributed by atoms with Crippen molar-refractivity contribution in [1.29, 1.82) is 0 Å². The molecule has 1 aromatic carbocycles. The van der Waals surface area contributed by atoms with E-state index in [0.29, 0.717) is 5.17 Å². The van der Waals surface area contributed by atoms with Gasteiger partial charge in [0.05, 0.1) is 0 Å². The molecule has 0 atom stereocenters. The number of amidine groups is 1. The molecule has 0 heterocycles. The van der Waals surface area contributed by atoms with Crippen molar-refractivity contribution < 1.29 is 0 Å². The maximum Gasteiger partial charge on any atom is 0.180 e. The van der Waals surface area contributed by atoms with E-state index in [0.717, 1.165) is 5.56 Å². The van der Waals surface area contributed by atoms with Crippen LogP contribution >= 0.6 is 11.8 Å². The Morgan fingerprint density at radius 1 is 1.33 bits per heavy atom. The van der Waals surface area contributed by atoms with E-state index in [-0.39, 0.29) is 0 Å². The molecule has 0 aliphatic heterocycles. The zero-order valence-corrected chi connectivity index (χ0v) is 9.32. The van der Waals surface area contributed by atoms with E-state index in [1.165, 1.54) is 11.8 Å². The van der Waals surface area contributed by atoms with E-state index in [2.05, 4.69) is 10.2 Å². The number of thioether (sulfide) groups is 1. The smallest absolute Gasteiger partial charge is 0.180 e. The van der Waals surface area contributed by atoms with Crippen LogP contribution in [-0.4, -0.2) is 17.6 Å². The van der Waals surface area contributed by atoms with Crippen molar-refractivity contribution in [2.45, 2.75) is 0 Å². The van der Waals surface area contributed by atoms with Gasteiger partial charge < -0.3 is 5.73 Å². The minimum Gasteiger partial charge on any atom is -0.377 e. The van der Waals surface area contributed by atoms with Crippen LogP contribution in [0.3, 0.4) is 0 Å². The first-order valence-corrected chi connectivity index (χ1v) is 5.67. The van der Waals surface area contributed by atoms with E-state index in [4.69, 9.17) is 5.73 Å². The average molecular weight is 219 g/mol. The van der Waals surface area contributed by atoms with Gasteiger partial charge in [-0.1, -0.05) is 48.2 Å². The summed E-state index contributed by atoms with van der Waals surface area (Å²) in [5.74, 6) is 0. The van der Waals surface area contributed by atoms with Gasteiger partial charge in [-0.15, -0.1) is 5.10 Å². The van der Waals surface area contributed by atoms with Gasteiger partial charge in [0.1, 0.15) is 0 Å². The second kappa shape index (κ2) is 6.84. The van der Waals surface area contributed by atoms with Crippen LogP contribution in [0.15, 0.2) is 46.6 Å². The van der Waals surface area contributed by atoms with Gasteiger partial charge in [0.2, 0.25) is 0 Å². The molecule has 0 fully saturated rings. The molecule has 4 heteroatoms. The van der Waals surface area contributed by atoms with Crippen LogP contribution in [0.5, 0.6) is 0 Å². The average Bonchev–Trinajstić information content (AvgIpc) is 2.29. The van der Waals surface area contributed by atoms with Gasteiger partial charge in [0, 0.05) is 6.21 Å². The van der Waals surface area contributed by atoms with Crippen molar-refractivity contribution >= 4 is 29.2 Å². The van der Waals surface area contributed by atoms with Crippen LogP contribution in [0.2, 0.25) is 0 Å². The Hall–Kier alpha value is -1.55. The molecule has 1 aromatic rings. The highest BCUT2D eigenvalue weighted by Gasteiger charge is 1.82. The fourth-order valence-corrected chi connectivity index (χ4v) is 1.02. The minimum absolute atomic E-state index is 0.458. The molecule has 0 aliphatic rings. The molecule has 78 valence electrons. The molecule has 15 heavy (non-hydrogen) atoms. The van der Waals surface area contributed by atoms with Crippen molar-refractivity contribution in [2.75, 3.05) is 6.26 Å². The lowest BCUT2D eigenvalue weighted by Crippen LogP contribution is -2.03. The third kappa shape index (κ3) is 5.02. The van der Waals surface area contributed by atoms with E-state index >= 15 is 0 Å². The minimum atomic E-state index is 0.458. The number of nitrogens with two attached hydrogens (primary N) is 1. The van der Waals surface area contributed by atoms with Crippen LogP contribution in [-0.2, 0) is 0 Å². The molecule has 0 saturated heterocycles. The van der Waals surface area contributed by atoms with Crippen molar-refractivity contribution in [3.8, 4) is 0 Å². The first-order valence-electron chi connectivity index (χ1n) is 4.45. The third-order valence-corrected chi connectivity index (χ3v) is 2.11. The van der Waals surface area contributed by atoms with Crippen molar-refractivity contribution in [3.63, 3.8) is 0 Å². The summed E-state index contributed by atoms with van der Waals surface area (Å²) in [4.78, 5) is 0. The molecule has 0 bridgehead atoms. The Bertz CT molecular complexity index is 369. The molecule has 2 N–H and O–H groups in total. The van der Waals surface area contributed by atoms with E-state index in [1.54, 1.807) is 6.21 Å². The van der Waals surface area contributed by atoms with Crippen LogP contribution in [0.1, 0.15) is 5.56 Å². The van der Waals surface area contributed by atoms with Crippen molar-refractivity contribution in [2.24, 2.45) is 15.9 Å². The van der Waals surface area contributed by atoms with Gasteiger partial charge in [-0.3, -0.25) is 0 Å². The van der Waals surface area contributed by atoms with Gasteiger partial charge in [-0.25, -0.2) is 0 Å². The third-order valence-electron chi connectivity index (χ3n) is 1.61. The maximum absolute atomic E-state index is 5.44. The Kier molecular flexibility index (Phi) is 5.25. The summed E-state index contributed by atoms with van der Waals surface area (Å²) < 4.78 is 0. The molecular formula is C11H13N3S. The van der Waals surface area contributed by atoms with E-state index in [1.807, 2.05) is 48.7 Å². The highest BCUT2D eigenvalue weighted by atomic mass is 32.2. The Labute approximate surface area is 93.8 Å². The van der Waals surface area contributed by atoms with Gasteiger partial charge in [0.15, 0.2) is 5.17 Å². The van der Waals surface area contributed by atoms with Gasteiger partial charge >= 0.3 is 0 Å². The molecular weight excluding hydrogens is 206 g/mol. The number of rotatable bonds is 3. The Balaban J connectivity index is 2.47. The van der Waals surface area contributed by atoms with Crippen LogP contribution < -0.4 is 5.73 Å². The van der Waals surface area contributed by atoms with E-state index in [9.17, 15) is 0 Å². The monoisotopic (exact) mass is 219 g/mol. The lowest BCUT2D eigenvalue weighted by atomic mass is 10.2. The zero-order chi connectivity index (χ0) is 10.9. The molecule has 0 radical (unpaired) electrons. The van der Waals surface area contributed by atoms with Crippen LogP contribution in [0.4, 0.5) is 0 Å². The molecule has 0 aliphatic carbocycles. The maximum atomic E-state index is 5.44. The number of hydrogen-bond donors (Lipinski definition) is 1. The van der Waals surface area contributed by atoms with Crippen molar-refractivity contribution in [1.82, 2.24) is 0 Å². The van der Waals surface area contributed by atoms with E-state index < -0.39 is 0 Å².